The third-order valence-corrected chi connectivity index (χ3v) is 8.15. The highest BCUT2D eigenvalue weighted by molar-refractivity contribution is 9.08. The number of ether oxygens (including phenoxy) is 3. The molecule has 3 aliphatic rings. The molecule has 3 aliphatic heterocycles. The van der Waals surface area contributed by atoms with Gasteiger partial charge in [-0.3, -0.25) is 9.69 Å². The minimum absolute atomic E-state index is 0.164. The highest BCUT2D eigenvalue weighted by Crippen LogP contribution is 2.48. The van der Waals surface area contributed by atoms with E-state index in [4.69, 9.17) is 14.2 Å². The van der Waals surface area contributed by atoms with Crippen molar-refractivity contribution in [1.82, 2.24) is 4.90 Å². The zero-order valence-corrected chi connectivity index (χ0v) is 24.1. The van der Waals surface area contributed by atoms with E-state index in [0.29, 0.717) is 18.4 Å². The lowest BCUT2D eigenvalue weighted by Crippen LogP contribution is -2.48. The number of hydrogen-bond acceptors (Lipinski definition) is 6. The molecule has 0 aliphatic carbocycles. The Kier molecular flexibility index (Phi) is 8.68. The number of hydrogen-bond donors (Lipinski definition) is 0. The van der Waals surface area contributed by atoms with Crippen LogP contribution in [0.1, 0.15) is 35.4 Å². The predicted octanol–water partition coefficient (Wildman–Crippen LogP) is 5.39. The minimum atomic E-state index is -2.53. The van der Waals surface area contributed by atoms with E-state index in [1.807, 2.05) is 24.0 Å². The van der Waals surface area contributed by atoms with E-state index in [-0.39, 0.29) is 48.1 Å². The van der Waals surface area contributed by atoms with Crippen LogP contribution in [0, 0.1) is 0 Å². The average Bonchev–Trinajstić information content (AvgIpc) is 3.78. The third-order valence-electron chi connectivity index (χ3n) is 8.15. The van der Waals surface area contributed by atoms with Gasteiger partial charge in [-0.2, -0.15) is 0 Å². The quantitative estimate of drug-likeness (QED) is 0.194. The maximum atomic E-state index is 16.6. The number of likely N-dealkylation sites (N-methyl/N-ethyl adjacent to an activating group) is 1. The first-order chi connectivity index (χ1) is 19.5. The van der Waals surface area contributed by atoms with Crippen molar-refractivity contribution in [2.75, 3.05) is 19.5 Å². The number of benzene rings is 3. The van der Waals surface area contributed by atoms with Crippen molar-refractivity contribution < 1.29 is 28.2 Å². The average molecular weight is 611 g/mol. The fourth-order valence-electron chi connectivity index (χ4n) is 6.03. The first kappa shape index (κ1) is 28.5. The van der Waals surface area contributed by atoms with Crippen molar-refractivity contribution in [3.63, 3.8) is 0 Å². The monoisotopic (exact) mass is 609 g/mol. The summed E-state index contributed by atoms with van der Waals surface area (Å²) in [4.78, 5) is 29.2. The Morgan fingerprint density at radius 3 is 1.88 bits per heavy atom. The maximum absolute atomic E-state index is 16.6. The van der Waals surface area contributed by atoms with Crippen molar-refractivity contribution in [2.45, 2.75) is 54.8 Å². The van der Waals surface area contributed by atoms with Crippen LogP contribution < -0.4 is 0 Å². The Morgan fingerprint density at radius 1 is 0.900 bits per heavy atom. The van der Waals surface area contributed by atoms with Crippen LogP contribution >= 0.6 is 15.9 Å². The molecule has 210 valence electrons. The molecular weight excluding hydrogens is 577 g/mol. The van der Waals surface area contributed by atoms with Gasteiger partial charge in [-0.1, -0.05) is 107 Å². The zero-order chi connectivity index (χ0) is 28.3. The number of epoxide rings is 1. The molecule has 4 unspecified atom stereocenters. The van der Waals surface area contributed by atoms with Crippen LogP contribution in [0.15, 0.2) is 91.0 Å². The molecule has 0 spiro atoms. The summed E-state index contributed by atoms with van der Waals surface area (Å²) in [6.45, 7) is -0.332. The van der Waals surface area contributed by atoms with Gasteiger partial charge in [0.25, 0.3) is 5.67 Å². The molecule has 3 aromatic carbocycles. The second-order valence-corrected chi connectivity index (χ2v) is 10.3. The smallest absolute Gasteiger partial charge is 0.353 e. The minimum Gasteiger partial charge on any atom is -0.462 e. The third kappa shape index (κ3) is 5.45. The molecule has 3 fully saturated rings. The molecule has 0 amide bonds. The Bertz CT molecular complexity index is 1240. The number of rotatable bonds is 8. The summed E-state index contributed by atoms with van der Waals surface area (Å²) in [5.41, 5.74) is -1.55. The number of piperidine rings is 1. The fourth-order valence-corrected chi connectivity index (χ4v) is 6.03. The highest BCUT2D eigenvalue weighted by Gasteiger charge is 2.63. The molecule has 0 radical (unpaired) electrons. The molecule has 6 atom stereocenters. The summed E-state index contributed by atoms with van der Waals surface area (Å²) >= 11 is 2.94. The summed E-state index contributed by atoms with van der Waals surface area (Å²) in [7, 11) is 2.10. The van der Waals surface area contributed by atoms with Crippen LogP contribution in [0.3, 0.4) is 0 Å². The Balaban J connectivity index is 0.00000158. The number of fused-ring (bicyclic) bond motifs is 5. The number of alkyl halides is 2. The number of carbonyl (C=O) groups is 2. The van der Waals surface area contributed by atoms with Gasteiger partial charge in [0.05, 0.1) is 0 Å². The van der Waals surface area contributed by atoms with Crippen molar-refractivity contribution in [3.05, 3.63) is 108 Å². The van der Waals surface area contributed by atoms with Gasteiger partial charge in [0.15, 0.2) is 0 Å². The van der Waals surface area contributed by atoms with Gasteiger partial charge in [0.2, 0.25) is 0 Å². The van der Waals surface area contributed by atoms with Crippen molar-refractivity contribution in [3.8, 4) is 0 Å². The lowest BCUT2D eigenvalue weighted by atomic mass is 9.88. The van der Waals surface area contributed by atoms with Crippen molar-refractivity contribution in [1.29, 1.82) is 0 Å². The maximum Gasteiger partial charge on any atom is 0.353 e. The molecule has 3 saturated heterocycles. The number of morpholine rings is 1. The van der Waals surface area contributed by atoms with Crippen LogP contribution in [0.2, 0.25) is 0 Å². The first-order valence-corrected chi connectivity index (χ1v) is 15.0. The second-order valence-electron chi connectivity index (χ2n) is 10.3. The number of carbonyl (C=O) groups excluding carboxylic acids is 2. The molecular formula is C32H33BrFNO5. The van der Waals surface area contributed by atoms with Gasteiger partial charge in [-0.05, 0) is 18.4 Å². The van der Waals surface area contributed by atoms with Crippen LogP contribution in [0.4, 0.5) is 4.39 Å². The van der Waals surface area contributed by atoms with E-state index >= 15 is 4.39 Å². The van der Waals surface area contributed by atoms with Gasteiger partial charge in [0, 0.05) is 36.1 Å². The van der Waals surface area contributed by atoms with Gasteiger partial charge < -0.3 is 14.2 Å². The van der Waals surface area contributed by atoms with Gasteiger partial charge >= 0.3 is 11.9 Å². The Labute approximate surface area is 242 Å². The Morgan fingerprint density at radius 2 is 1.38 bits per heavy atom. The van der Waals surface area contributed by atoms with E-state index < -0.39 is 23.5 Å². The lowest BCUT2D eigenvalue weighted by molar-refractivity contribution is -0.162. The SMILES string of the molecule is CBr.CN1C2CC(OC(=O)C(COC(=O)C(F)(c3ccccc3)c3ccccc3)c3ccccc3)CC1[C@@H]1O[C@H]21. The van der Waals surface area contributed by atoms with Crippen LogP contribution in [0.5, 0.6) is 0 Å². The standard InChI is InChI=1S/C31H30FNO5.CH3Br/c1-33-25-17-23(18-26(33)28-27(25)38-28)37-29(34)24(20-11-5-2-6-12-20)19-36-30(35)31(32,21-13-7-3-8-14-21)22-15-9-4-10-16-22;1-2/h2-16,23-28H,17-19H2,1H3;1H3/t23?,24?,25?,26?,27-,28+;. The highest BCUT2D eigenvalue weighted by atomic mass is 79.9. The van der Waals surface area contributed by atoms with Gasteiger partial charge in [-0.25, -0.2) is 9.18 Å². The summed E-state index contributed by atoms with van der Waals surface area (Å²) in [6.07, 6.45) is 1.63. The van der Waals surface area contributed by atoms with Crippen molar-refractivity contribution >= 4 is 27.9 Å². The van der Waals surface area contributed by atoms with E-state index in [1.165, 1.54) is 0 Å². The largest absolute Gasteiger partial charge is 0.462 e. The molecule has 40 heavy (non-hydrogen) atoms. The predicted molar refractivity (Wildman–Crippen MR) is 153 cm³/mol. The second kappa shape index (κ2) is 12.2. The molecule has 6 rings (SSSR count). The summed E-state index contributed by atoms with van der Waals surface area (Å²) < 4.78 is 34.0. The van der Waals surface area contributed by atoms with E-state index in [2.05, 4.69) is 27.9 Å². The molecule has 2 bridgehead atoms. The van der Waals surface area contributed by atoms with Crippen molar-refractivity contribution in [2.24, 2.45) is 0 Å². The van der Waals surface area contributed by atoms with Crippen LogP contribution in [0.25, 0.3) is 0 Å². The molecule has 0 N–H and O–H groups in total. The van der Waals surface area contributed by atoms with Gasteiger partial charge in [0.1, 0.15) is 30.8 Å². The number of halogens is 2. The molecule has 8 heteroatoms. The number of nitrogens with zero attached hydrogens (tertiary/aromatic N) is 1. The topological polar surface area (TPSA) is 68.4 Å². The lowest BCUT2D eigenvalue weighted by Gasteiger charge is -2.38. The molecule has 6 nitrogen and oxygen atoms in total. The summed E-state index contributed by atoms with van der Waals surface area (Å²) in [6, 6.07) is 26.0. The zero-order valence-electron chi connectivity index (χ0n) is 22.5. The summed E-state index contributed by atoms with van der Waals surface area (Å²) in [5, 5.41) is 0. The normalized spacial score (nSPS) is 25.6. The van der Waals surface area contributed by atoms with E-state index in [1.54, 1.807) is 72.8 Å². The first-order valence-electron chi connectivity index (χ1n) is 13.4. The fraction of sp³-hybridized carbons (Fsp3) is 0.375. The molecule has 0 saturated carbocycles. The molecule has 0 aromatic heterocycles. The van der Waals surface area contributed by atoms with Crippen LogP contribution in [-0.4, -0.2) is 66.7 Å². The van der Waals surface area contributed by atoms with E-state index in [0.717, 1.165) is 0 Å². The van der Waals surface area contributed by atoms with Crippen LogP contribution in [-0.2, 0) is 29.5 Å². The number of esters is 2. The Hall–Kier alpha value is -3.07. The van der Waals surface area contributed by atoms with Gasteiger partial charge in [-0.15, -0.1) is 0 Å². The molecule has 3 aromatic rings. The summed E-state index contributed by atoms with van der Waals surface area (Å²) in [5.74, 6) is -0.610. The van der Waals surface area contributed by atoms with E-state index in [9.17, 15) is 9.59 Å². The molecule has 3 heterocycles.